The van der Waals surface area contributed by atoms with E-state index in [1.165, 1.54) is 11.1 Å². The molecule has 0 bridgehead atoms. The van der Waals surface area contributed by atoms with Crippen molar-refractivity contribution in [3.05, 3.63) is 59.9 Å². The van der Waals surface area contributed by atoms with Crippen molar-refractivity contribution < 1.29 is 4.74 Å². The van der Waals surface area contributed by atoms with Crippen molar-refractivity contribution in [2.45, 2.75) is 31.9 Å². The van der Waals surface area contributed by atoms with Gasteiger partial charge >= 0.3 is 0 Å². The minimum atomic E-state index is 0.201. The Bertz CT molecular complexity index is 531. The fourth-order valence-corrected chi connectivity index (χ4v) is 2.80. The second-order valence-electron chi connectivity index (χ2n) is 5.20. The number of ether oxygens (including phenoxy) is 1. The highest BCUT2D eigenvalue weighted by Gasteiger charge is 2.29. The topological polar surface area (TPSA) is 34.2 Å². The molecule has 3 nitrogen and oxygen atoms in total. The summed E-state index contributed by atoms with van der Waals surface area (Å²) >= 11 is 0. The van der Waals surface area contributed by atoms with Gasteiger partial charge in [0.2, 0.25) is 0 Å². The lowest BCUT2D eigenvalue weighted by Crippen LogP contribution is -2.44. The highest BCUT2D eigenvalue weighted by Crippen LogP contribution is 2.30. The molecular weight excluding hydrogens is 248 g/mol. The van der Waals surface area contributed by atoms with Gasteiger partial charge in [-0.25, -0.2) is 0 Å². The lowest BCUT2D eigenvalue weighted by atomic mass is 9.98. The number of benzene rings is 1. The first-order valence-electron chi connectivity index (χ1n) is 7.23. The molecule has 2 unspecified atom stereocenters. The largest absolute Gasteiger partial charge is 0.488 e. The molecule has 0 aliphatic carbocycles. The van der Waals surface area contributed by atoms with Gasteiger partial charge in [-0.3, -0.25) is 4.98 Å². The summed E-state index contributed by atoms with van der Waals surface area (Å²) in [5, 5.41) is 3.56. The highest BCUT2D eigenvalue weighted by atomic mass is 16.5. The van der Waals surface area contributed by atoms with Crippen molar-refractivity contribution in [2.24, 2.45) is 0 Å². The van der Waals surface area contributed by atoms with Crippen LogP contribution in [0.3, 0.4) is 0 Å². The van der Waals surface area contributed by atoms with E-state index in [0.717, 1.165) is 25.1 Å². The molecule has 1 aromatic carbocycles. The van der Waals surface area contributed by atoms with Gasteiger partial charge in [-0.1, -0.05) is 31.2 Å². The SMILES string of the molecule is CCNC(Cc1cccnc1)C1Cc2ccccc2O1. The lowest BCUT2D eigenvalue weighted by molar-refractivity contribution is 0.178. The molecule has 1 aliphatic rings. The van der Waals surface area contributed by atoms with Crippen molar-refractivity contribution in [3.8, 4) is 5.75 Å². The Kier molecular flexibility index (Phi) is 3.97. The molecule has 3 heteroatoms. The molecule has 104 valence electrons. The average molecular weight is 268 g/mol. The van der Waals surface area contributed by atoms with Gasteiger partial charge in [-0.15, -0.1) is 0 Å². The van der Waals surface area contributed by atoms with Crippen molar-refractivity contribution in [1.29, 1.82) is 0 Å². The van der Waals surface area contributed by atoms with Gasteiger partial charge in [-0.2, -0.15) is 0 Å². The summed E-state index contributed by atoms with van der Waals surface area (Å²) in [6.07, 6.45) is 5.88. The summed E-state index contributed by atoms with van der Waals surface area (Å²) in [6, 6.07) is 12.8. The fraction of sp³-hybridized carbons (Fsp3) is 0.353. The summed E-state index contributed by atoms with van der Waals surface area (Å²) in [5.74, 6) is 1.03. The predicted molar refractivity (Wildman–Crippen MR) is 80.0 cm³/mol. The number of aromatic nitrogens is 1. The zero-order chi connectivity index (χ0) is 13.8. The van der Waals surface area contributed by atoms with Gasteiger partial charge in [0.1, 0.15) is 11.9 Å². The molecule has 0 saturated heterocycles. The van der Waals surface area contributed by atoms with Crippen LogP contribution >= 0.6 is 0 Å². The maximum absolute atomic E-state index is 6.11. The van der Waals surface area contributed by atoms with Crippen LogP contribution in [0.4, 0.5) is 0 Å². The summed E-state index contributed by atoms with van der Waals surface area (Å²) in [5.41, 5.74) is 2.56. The van der Waals surface area contributed by atoms with Crippen LogP contribution in [0.5, 0.6) is 5.75 Å². The Morgan fingerprint density at radius 3 is 2.95 bits per heavy atom. The zero-order valence-corrected chi connectivity index (χ0v) is 11.8. The van der Waals surface area contributed by atoms with Crippen molar-refractivity contribution >= 4 is 0 Å². The second kappa shape index (κ2) is 6.06. The molecule has 2 aromatic rings. The van der Waals surface area contributed by atoms with E-state index < -0.39 is 0 Å². The first-order chi connectivity index (χ1) is 9.86. The summed E-state index contributed by atoms with van der Waals surface area (Å²) in [7, 11) is 0. The monoisotopic (exact) mass is 268 g/mol. The molecule has 0 fully saturated rings. The minimum absolute atomic E-state index is 0.201. The quantitative estimate of drug-likeness (QED) is 0.905. The number of likely N-dealkylation sites (N-methyl/N-ethyl adjacent to an activating group) is 1. The maximum Gasteiger partial charge on any atom is 0.123 e. The Balaban J connectivity index is 1.72. The number of nitrogens with one attached hydrogen (secondary N) is 1. The van der Waals surface area contributed by atoms with Crippen molar-refractivity contribution in [3.63, 3.8) is 0 Å². The van der Waals surface area contributed by atoms with Gasteiger partial charge in [0, 0.05) is 24.9 Å². The summed E-state index contributed by atoms with van der Waals surface area (Å²) < 4.78 is 6.11. The number of hydrogen-bond donors (Lipinski definition) is 1. The van der Waals surface area contributed by atoms with Crippen LogP contribution in [0.2, 0.25) is 0 Å². The highest BCUT2D eigenvalue weighted by molar-refractivity contribution is 5.37. The number of nitrogens with zero attached hydrogens (tertiary/aromatic N) is 1. The maximum atomic E-state index is 6.11. The first kappa shape index (κ1) is 13.1. The van der Waals surface area contributed by atoms with Crippen LogP contribution in [-0.2, 0) is 12.8 Å². The minimum Gasteiger partial charge on any atom is -0.488 e. The number of rotatable bonds is 5. The van der Waals surface area contributed by atoms with E-state index in [0.29, 0.717) is 6.04 Å². The Hall–Kier alpha value is -1.87. The van der Waals surface area contributed by atoms with E-state index in [-0.39, 0.29) is 6.10 Å². The van der Waals surface area contributed by atoms with E-state index in [9.17, 15) is 0 Å². The van der Waals surface area contributed by atoms with E-state index >= 15 is 0 Å². The fourth-order valence-electron chi connectivity index (χ4n) is 2.80. The molecule has 1 N–H and O–H groups in total. The standard InChI is InChI=1S/C17H20N2O/c1-2-19-15(10-13-6-5-9-18-12-13)17-11-14-7-3-4-8-16(14)20-17/h3-9,12,15,17,19H,2,10-11H2,1H3. The molecular formula is C17H20N2O. The third-order valence-corrected chi connectivity index (χ3v) is 3.77. The van der Waals surface area contributed by atoms with E-state index in [1.807, 2.05) is 24.5 Å². The molecule has 2 heterocycles. The number of pyridine rings is 1. The number of fused-ring (bicyclic) bond motifs is 1. The Morgan fingerprint density at radius 2 is 2.20 bits per heavy atom. The number of para-hydroxylation sites is 1. The Labute approximate surface area is 120 Å². The predicted octanol–water partition coefficient (Wildman–Crippen LogP) is 2.61. The second-order valence-corrected chi connectivity index (χ2v) is 5.20. The molecule has 0 spiro atoms. The Morgan fingerprint density at radius 1 is 1.30 bits per heavy atom. The van der Waals surface area contributed by atoms with Crippen LogP contribution < -0.4 is 10.1 Å². The molecule has 0 saturated carbocycles. The third-order valence-electron chi connectivity index (χ3n) is 3.77. The van der Waals surface area contributed by atoms with Gasteiger partial charge in [0.15, 0.2) is 0 Å². The van der Waals surface area contributed by atoms with E-state index in [1.54, 1.807) is 0 Å². The molecule has 0 radical (unpaired) electrons. The third kappa shape index (κ3) is 2.83. The normalized spacial score (nSPS) is 18.4. The van der Waals surface area contributed by atoms with Crippen LogP contribution in [0.1, 0.15) is 18.1 Å². The first-order valence-corrected chi connectivity index (χ1v) is 7.23. The van der Waals surface area contributed by atoms with Gasteiger partial charge < -0.3 is 10.1 Å². The van der Waals surface area contributed by atoms with Crippen molar-refractivity contribution in [2.75, 3.05) is 6.54 Å². The number of hydrogen-bond acceptors (Lipinski definition) is 3. The van der Waals surface area contributed by atoms with Crippen molar-refractivity contribution in [1.82, 2.24) is 10.3 Å². The lowest BCUT2D eigenvalue weighted by Gasteiger charge is -2.24. The zero-order valence-electron chi connectivity index (χ0n) is 11.8. The van der Waals surface area contributed by atoms with E-state index in [4.69, 9.17) is 4.74 Å². The smallest absolute Gasteiger partial charge is 0.123 e. The molecule has 0 amide bonds. The van der Waals surface area contributed by atoms with Gasteiger partial charge in [0.25, 0.3) is 0 Å². The molecule has 20 heavy (non-hydrogen) atoms. The average Bonchev–Trinajstić information content (AvgIpc) is 2.92. The summed E-state index contributed by atoms with van der Waals surface area (Å²) in [4.78, 5) is 4.20. The molecule has 3 rings (SSSR count). The van der Waals surface area contributed by atoms with E-state index in [2.05, 4.69) is 41.5 Å². The van der Waals surface area contributed by atoms with Crippen LogP contribution in [0, 0.1) is 0 Å². The van der Waals surface area contributed by atoms with Crippen LogP contribution in [0.25, 0.3) is 0 Å². The van der Waals surface area contributed by atoms with Crippen LogP contribution in [-0.4, -0.2) is 23.7 Å². The molecule has 1 aliphatic heterocycles. The van der Waals surface area contributed by atoms with Gasteiger partial charge in [0.05, 0.1) is 0 Å². The molecule has 2 atom stereocenters. The van der Waals surface area contributed by atoms with Gasteiger partial charge in [-0.05, 0) is 36.2 Å². The molecule has 1 aromatic heterocycles. The summed E-state index contributed by atoms with van der Waals surface area (Å²) in [6.45, 7) is 3.08. The van der Waals surface area contributed by atoms with Crippen LogP contribution in [0.15, 0.2) is 48.8 Å².